The molecule has 0 aliphatic carbocycles. The summed E-state index contributed by atoms with van der Waals surface area (Å²) < 4.78 is 44.7. The van der Waals surface area contributed by atoms with Crippen LogP contribution in [-0.4, -0.2) is 34.8 Å². The summed E-state index contributed by atoms with van der Waals surface area (Å²) in [6.45, 7) is 8.89. The van der Waals surface area contributed by atoms with E-state index in [-0.39, 0.29) is 12.3 Å². The lowest BCUT2D eigenvalue weighted by Gasteiger charge is -2.15. The van der Waals surface area contributed by atoms with Crippen LogP contribution in [0.1, 0.15) is 37.7 Å². The first-order valence-corrected chi connectivity index (χ1v) is 9.99. The normalized spacial score (nSPS) is 12.3. The Balaban J connectivity index is 2.08. The number of ether oxygens (including phenoxy) is 1. The number of aromatic nitrogens is 2. The topological polar surface area (TPSA) is 63.5 Å². The van der Waals surface area contributed by atoms with E-state index in [1.165, 1.54) is 0 Å². The molecule has 0 unspecified atom stereocenters. The van der Waals surface area contributed by atoms with Crippen molar-refractivity contribution in [2.24, 2.45) is 10.9 Å². The van der Waals surface area contributed by atoms with Crippen LogP contribution in [0.4, 0.5) is 13.2 Å². The van der Waals surface area contributed by atoms with Gasteiger partial charge in [-0.2, -0.15) is 13.2 Å². The first kappa shape index (κ1) is 23.6. The van der Waals surface area contributed by atoms with E-state index in [1.807, 2.05) is 19.2 Å². The number of aryl methyl sites for hydroxylation is 1. The van der Waals surface area contributed by atoms with Gasteiger partial charge < -0.3 is 19.9 Å². The monoisotopic (exact) mass is 425 g/mol. The Labute approximate surface area is 175 Å². The smallest absolute Gasteiger partial charge is 0.422 e. The second-order valence-corrected chi connectivity index (χ2v) is 7.45. The van der Waals surface area contributed by atoms with Crippen LogP contribution in [0.2, 0.25) is 0 Å². The van der Waals surface area contributed by atoms with Crippen LogP contribution in [0.3, 0.4) is 0 Å². The molecule has 0 amide bonds. The maximum Gasteiger partial charge on any atom is 0.422 e. The van der Waals surface area contributed by atoms with E-state index in [1.54, 1.807) is 25.3 Å². The third-order valence-electron chi connectivity index (χ3n) is 4.14. The van der Waals surface area contributed by atoms with Crippen molar-refractivity contribution >= 4 is 5.96 Å². The van der Waals surface area contributed by atoms with Crippen LogP contribution in [0.25, 0.3) is 0 Å². The van der Waals surface area contributed by atoms with Crippen LogP contribution in [-0.2, 0) is 19.6 Å². The fourth-order valence-electron chi connectivity index (χ4n) is 2.82. The maximum absolute atomic E-state index is 12.6. The molecule has 30 heavy (non-hydrogen) atoms. The van der Waals surface area contributed by atoms with E-state index in [2.05, 4.69) is 39.0 Å². The number of alkyl halides is 3. The molecular weight excluding hydrogens is 395 g/mol. The summed E-state index contributed by atoms with van der Waals surface area (Å²) in [6, 6.07) is 5.16. The first-order valence-electron chi connectivity index (χ1n) is 9.99. The molecule has 2 rings (SSSR count). The summed E-state index contributed by atoms with van der Waals surface area (Å²) in [5, 5.41) is 6.37. The van der Waals surface area contributed by atoms with Gasteiger partial charge in [0.05, 0.1) is 13.1 Å². The van der Waals surface area contributed by atoms with Crippen LogP contribution in [0.5, 0.6) is 5.75 Å². The van der Waals surface area contributed by atoms with Gasteiger partial charge in [-0.25, -0.2) is 9.98 Å². The SMILES string of the molecule is CCNC(=NCc1ccc(C)cc1OCC(F)(F)F)NCc1nccn1CC(C)C. The molecule has 0 saturated heterocycles. The lowest BCUT2D eigenvalue weighted by Crippen LogP contribution is -2.37. The second-order valence-electron chi connectivity index (χ2n) is 7.45. The number of halogens is 3. The summed E-state index contributed by atoms with van der Waals surface area (Å²) in [5.41, 5.74) is 1.41. The minimum absolute atomic E-state index is 0.184. The number of rotatable bonds is 9. The van der Waals surface area contributed by atoms with Gasteiger partial charge in [0.1, 0.15) is 11.6 Å². The second kappa shape index (κ2) is 10.9. The van der Waals surface area contributed by atoms with E-state index in [0.29, 0.717) is 30.5 Å². The number of benzene rings is 1. The van der Waals surface area contributed by atoms with E-state index >= 15 is 0 Å². The Morgan fingerprint density at radius 2 is 2.03 bits per heavy atom. The van der Waals surface area contributed by atoms with Crippen molar-refractivity contribution in [1.29, 1.82) is 0 Å². The molecule has 1 aromatic heterocycles. The van der Waals surface area contributed by atoms with Crippen molar-refractivity contribution in [3.05, 3.63) is 47.5 Å². The van der Waals surface area contributed by atoms with Crippen molar-refractivity contribution in [3.8, 4) is 5.75 Å². The van der Waals surface area contributed by atoms with Gasteiger partial charge in [-0.3, -0.25) is 0 Å². The number of imidazole rings is 1. The van der Waals surface area contributed by atoms with E-state index in [0.717, 1.165) is 17.9 Å². The summed E-state index contributed by atoms with van der Waals surface area (Å²) in [4.78, 5) is 8.89. The standard InChI is InChI=1S/C21H30F3N5O/c1-5-25-20(28-12-19-26-8-9-29(19)13-15(2)3)27-11-17-7-6-16(4)10-18(17)30-14-21(22,23)24/h6-10,15H,5,11-14H2,1-4H3,(H2,25,27,28). The maximum atomic E-state index is 12.6. The molecular formula is C21H30F3N5O. The number of nitrogens with one attached hydrogen (secondary N) is 2. The Hall–Kier alpha value is -2.71. The highest BCUT2D eigenvalue weighted by Gasteiger charge is 2.28. The number of hydrogen-bond donors (Lipinski definition) is 2. The van der Waals surface area contributed by atoms with E-state index < -0.39 is 12.8 Å². The van der Waals surface area contributed by atoms with Gasteiger partial charge in [0.2, 0.25) is 0 Å². The number of aliphatic imine (C=N–C) groups is 1. The van der Waals surface area contributed by atoms with Crippen molar-refractivity contribution in [1.82, 2.24) is 20.2 Å². The fourth-order valence-corrected chi connectivity index (χ4v) is 2.82. The third kappa shape index (κ3) is 7.96. The van der Waals surface area contributed by atoms with Crippen LogP contribution >= 0.6 is 0 Å². The fraction of sp³-hybridized carbons (Fsp3) is 0.524. The van der Waals surface area contributed by atoms with Gasteiger partial charge in [0, 0.05) is 31.0 Å². The average Bonchev–Trinajstić information content (AvgIpc) is 3.09. The summed E-state index contributed by atoms with van der Waals surface area (Å²) in [6.07, 6.45) is -0.684. The minimum Gasteiger partial charge on any atom is -0.484 e. The summed E-state index contributed by atoms with van der Waals surface area (Å²) >= 11 is 0. The predicted octanol–water partition coefficient (Wildman–Crippen LogP) is 4.04. The molecule has 0 spiro atoms. The highest BCUT2D eigenvalue weighted by atomic mass is 19.4. The van der Waals surface area contributed by atoms with Gasteiger partial charge in [0.15, 0.2) is 12.6 Å². The van der Waals surface area contributed by atoms with Crippen LogP contribution in [0, 0.1) is 12.8 Å². The molecule has 1 aromatic carbocycles. The molecule has 0 atom stereocenters. The zero-order valence-electron chi connectivity index (χ0n) is 17.9. The molecule has 0 aliphatic heterocycles. The summed E-state index contributed by atoms with van der Waals surface area (Å²) in [5.74, 6) is 2.13. The van der Waals surface area contributed by atoms with E-state index in [4.69, 9.17) is 4.74 Å². The molecule has 166 valence electrons. The van der Waals surface area contributed by atoms with Crippen molar-refractivity contribution in [2.75, 3.05) is 13.2 Å². The minimum atomic E-state index is -4.39. The molecule has 0 radical (unpaired) electrons. The Morgan fingerprint density at radius 3 is 2.70 bits per heavy atom. The molecule has 6 nitrogen and oxygen atoms in total. The number of hydrogen-bond acceptors (Lipinski definition) is 3. The van der Waals surface area contributed by atoms with Gasteiger partial charge >= 0.3 is 6.18 Å². The highest BCUT2D eigenvalue weighted by Crippen LogP contribution is 2.24. The van der Waals surface area contributed by atoms with Gasteiger partial charge in [0.25, 0.3) is 0 Å². The molecule has 0 bridgehead atoms. The molecule has 1 heterocycles. The number of guanidine groups is 1. The quantitative estimate of drug-likeness (QED) is 0.470. The zero-order valence-corrected chi connectivity index (χ0v) is 17.9. The van der Waals surface area contributed by atoms with Crippen LogP contribution in [0.15, 0.2) is 35.6 Å². The Kier molecular flexibility index (Phi) is 8.56. The summed E-state index contributed by atoms with van der Waals surface area (Å²) in [7, 11) is 0. The third-order valence-corrected chi connectivity index (χ3v) is 4.14. The highest BCUT2D eigenvalue weighted by molar-refractivity contribution is 5.79. The van der Waals surface area contributed by atoms with Gasteiger partial charge in [-0.15, -0.1) is 0 Å². The average molecular weight is 425 g/mol. The molecule has 0 saturated carbocycles. The van der Waals surface area contributed by atoms with Gasteiger partial charge in [-0.05, 0) is 31.4 Å². The zero-order chi connectivity index (χ0) is 22.1. The lowest BCUT2D eigenvalue weighted by atomic mass is 10.1. The molecule has 0 aliphatic rings. The van der Waals surface area contributed by atoms with E-state index in [9.17, 15) is 13.2 Å². The van der Waals surface area contributed by atoms with Crippen molar-refractivity contribution in [2.45, 2.75) is 53.5 Å². The van der Waals surface area contributed by atoms with Crippen molar-refractivity contribution in [3.63, 3.8) is 0 Å². The molecule has 9 heteroatoms. The molecule has 2 N–H and O–H groups in total. The first-order chi connectivity index (χ1) is 14.2. The lowest BCUT2D eigenvalue weighted by molar-refractivity contribution is -0.153. The van der Waals surface area contributed by atoms with Crippen molar-refractivity contribution < 1.29 is 17.9 Å². The Bertz CT molecular complexity index is 830. The number of nitrogens with zero attached hydrogens (tertiary/aromatic N) is 3. The Morgan fingerprint density at radius 1 is 1.27 bits per heavy atom. The van der Waals surface area contributed by atoms with Crippen LogP contribution < -0.4 is 15.4 Å². The van der Waals surface area contributed by atoms with Gasteiger partial charge in [-0.1, -0.05) is 26.0 Å². The molecule has 0 fully saturated rings. The molecule has 2 aromatic rings. The largest absolute Gasteiger partial charge is 0.484 e. The predicted molar refractivity (Wildman–Crippen MR) is 111 cm³/mol.